The molecule has 4 N–H and O–H groups in total. The number of anilines is 3. The number of hydrogen-bond donors (Lipinski definition) is 3. The van der Waals surface area contributed by atoms with Crippen molar-refractivity contribution in [2.45, 2.75) is 46.1 Å². The van der Waals surface area contributed by atoms with Gasteiger partial charge in [-0.15, -0.1) is 0 Å². The molecule has 37 heavy (non-hydrogen) atoms. The minimum Gasteiger partial charge on any atom is -0.397 e. The number of carbonyl (C=O) groups is 2. The molecule has 1 aromatic heterocycles. The predicted molar refractivity (Wildman–Crippen MR) is 150 cm³/mol. The quantitative estimate of drug-likeness (QED) is 0.206. The number of nitrogen functional groups attached to an aromatic ring is 1. The number of hydrogen-bond acceptors (Lipinski definition) is 4. The molecule has 4 rings (SSSR count). The summed E-state index contributed by atoms with van der Waals surface area (Å²) in [6.07, 6.45) is 4.38. The molecule has 0 fully saturated rings. The van der Waals surface area contributed by atoms with Crippen LogP contribution in [0.15, 0.2) is 77.7 Å². The Balaban J connectivity index is 1.42. The van der Waals surface area contributed by atoms with Gasteiger partial charge in [-0.3, -0.25) is 14.4 Å². The van der Waals surface area contributed by atoms with Gasteiger partial charge in [-0.05, 0) is 62.6 Å². The highest BCUT2D eigenvalue weighted by molar-refractivity contribution is 6.06. The number of rotatable bonds is 9. The number of nitrogens with zero attached hydrogens (tertiary/aromatic N) is 1. The van der Waals surface area contributed by atoms with Gasteiger partial charge in [0.15, 0.2) is 0 Å². The van der Waals surface area contributed by atoms with Crippen molar-refractivity contribution in [3.8, 4) is 0 Å². The Morgan fingerprint density at radius 3 is 2.41 bits per heavy atom. The molecule has 1 heterocycles. The van der Waals surface area contributed by atoms with Gasteiger partial charge in [0.2, 0.25) is 11.3 Å². The van der Waals surface area contributed by atoms with Crippen LogP contribution in [0.5, 0.6) is 0 Å². The summed E-state index contributed by atoms with van der Waals surface area (Å²) >= 11 is 0. The second-order valence-corrected chi connectivity index (χ2v) is 9.30. The van der Waals surface area contributed by atoms with E-state index in [1.807, 2.05) is 60.9 Å². The highest BCUT2D eigenvalue weighted by Crippen LogP contribution is 2.19. The second-order valence-electron chi connectivity index (χ2n) is 9.30. The minimum atomic E-state index is -0.423. The van der Waals surface area contributed by atoms with Crippen LogP contribution in [0.1, 0.15) is 47.2 Å². The first-order valence-corrected chi connectivity index (χ1v) is 12.5. The number of para-hydroxylation sites is 3. The first-order chi connectivity index (χ1) is 17.8. The van der Waals surface area contributed by atoms with Gasteiger partial charge in [-0.25, -0.2) is 0 Å². The average Bonchev–Trinajstić information content (AvgIpc) is 2.88. The van der Waals surface area contributed by atoms with E-state index in [0.717, 1.165) is 35.9 Å². The molecule has 0 bridgehead atoms. The molecule has 7 heteroatoms. The summed E-state index contributed by atoms with van der Waals surface area (Å²) in [5, 5.41) is 6.25. The molecule has 0 saturated carbocycles. The van der Waals surface area contributed by atoms with Crippen LogP contribution in [-0.2, 0) is 11.3 Å². The van der Waals surface area contributed by atoms with E-state index in [0.29, 0.717) is 35.4 Å². The zero-order valence-corrected chi connectivity index (χ0v) is 21.2. The lowest BCUT2D eigenvalue weighted by Gasteiger charge is -2.14. The van der Waals surface area contributed by atoms with Crippen LogP contribution in [0.2, 0.25) is 0 Å². The van der Waals surface area contributed by atoms with Crippen molar-refractivity contribution in [3.05, 3.63) is 99.8 Å². The number of carbonyl (C=O) groups excluding carboxylic acids is 2. The number of pyridine rings is 1. The van der Waals surface area contributed by atoms with Gasteiger partial charge >= 0.3 is 0 Å². The summed E-state index contributed by atoms with van der Waals surface area (Å²) < 4.78 is 1.96. The van der Waals surface area contributed by atoms with E-state index in [1.54, 1.807) is 30.5 Å². The lowest BCUT2D eigenvalue weighted by atomic mass is 10.1. The van der Waals surface area contributed by atoms with Gasteiger partial charge in [0.25, 0.3) is 5.91 Å². The summed E-state index contributed by atoms with van der Waals surface area (Å²) in [6.45, 7) is 4.54. The maximum absolute atomic E-state index is 13.1. The summed E-state index contributed by atoms with van der Waals surface area (Å²) in [7, 11) is 0. The molecule has 7 nitrogen and oxygen atoms in total. The third-order valence-corrected chi connectivity index (χ3v) is 6.40. The highest BCUT2D eigenvalue weighted by atomic mass is 16.2. The number of aryl methyl sites for hydroxylation is 3. The molecule has 0 unspecified atom stereocenters. The number of nitrogens with two attached hydrogens (primary N) is 1. The number of nitrogens with one attached hydrogen (secondary N) is 2. The largest absolute Gasteiger partial charge is 0.397 e. The number of aromatic nitrogens is 1. The van der Waals surface area contributed by atoms with Crippen LogP contribution >= 0.6 is 0 Å². The van der Waals surface area contributed by atoms with Gasteiger partial charge in [-0.2, -0.15) is 0 Å². The van der Waals surface area contributed by atoms with E-state index >= 15 is 0 Å². The van der Waals surface area contributed by atoms with Crippen molar-refractivity contribution in [1.82, 2.24) is 4.57 Å². The summed E-state index contributed by atoms with van der Waals surface area (Å²) in [6, 6.07) is 20.3. The second kappa shape index (κ2) is 11.6. The van der Waals surface area contributed by atoms with Crippen LogP contribution in [0.25, 0.3) is 10.9 Å². The Labute approximate surface area is 216 Å². The minimum absolute atomic E-state index is 0.0722. The van der Waals surface area contributed by atoms with Crippen LogP contribution in [0.3, 0.4) is 0 Å². The fraction of sp³-hybridized carbons (Fsp3) is 0.233. The number of benzene rings is 3. The van der Waals surface area contributed by atoms with E-state index in [1.165, 1.54) is 0 Å². The van der Waals surface area contributed by atoms with E-state index < -0.39 is 5.91 Å². The highest BCUT2D eigenvalue weighted by Gasteiger charge is 2.16. The van der Waals surface area contributed by atoms with Crippen molar-refractivity contribution in [2.24, 2.45) is 0 Å². The van der Waals surface area contributed by atoms with E-state index in [2.05, 4.69) is 10.6 Å². The maximum Gasteiger partial charge on any atom is 0.261 e. The third kappa shape index (κ3) is 6.25. The zero-order chi connectivity index (χ0) is 26.4. The standard InChI is InChI=1S/C30H32N4O3/c1-20-15-16-25(21(2)18-20)33-30(37)23-19-34(27-13-8-5-10-22(27)29(23)36)17-9-3-4-14-28(35)32-26-12-7-6-11-24(26)31/h5-8,10-13,15-16,18-19H,3-4,9,14,17,31H2,1-2H3,(H,32,35)(H,33,37). The molecule has 0 aliphatic rings. The molecule has 0 atom stereocenters. The number of amides is 2. The normalized spacial score (nSPS) is 10.9. The molecule has 0 spiro atoms. The Bertz CT molecular complexity index is 1510. The molecule has 0 aliphatic carbocycles. The van der Waals surface area contributed by atoms with Crippen molar-refractivity contribution in [1.29, 1.82) is 0 Å². The first kappa shape index (κ1) is 25.7. The topological polar surface area (TPSA) is 106 Å². The van der Waals surface area contributed by atoms with Gasteiger partial charge in [-0.1, -0.05) is 48.4 Å². The van der Waals surface area contributed by atoms with Crippen molar-refractivity contribution in [3.63, 3.8) is 0 Å². The van der Waals surface area contributed by atoms with Gasteiger partial charge < -0.3 is 20.9 Å². The van der Waals surface area contributed by atoms with Crippen LogP contribution in [0.4, 0.5) is 17.1 Å². The SMILES string of the molecule is Cc1ccc(NC(=O)c2cn(CCCCCC(=O)Nc3ccccc3N)c3ccccc3c2=O)c(C)c1. The van der Waals surface area contributed by atoms with Crippen LogP contribution in [0, 0.1) is 13.8 Å². The predicted octanol–water partition coefficient (Wildman–Crippen LogP) is 5.65. The van der Waals surface area contributed by atoms with Gasteiger partial charge in [0, 0.05) is 30.2 Å². The molecule has 3 aromatic carbocycles. The van der Waals surface area contributed by atoms with Crippen LogP contribution in [-0.4, -0.2) is 16.4 Å². The van der Waals surface area contributed by atoms with E-state index in [9.17, 15) is 14.4 Å². The maximum atomic E-state index is 13.1. The van der Waals surface area contributed by atoms with E-state index in [4.69, 9.17) is 5.73 Å². The lowest BCUT2D eigenvalue weighted by Crippen LogP contribution is -2.24. The molecule has 0 saturated heterocycles. The summed E-state index contributed by atoms with van der Waals surface area (Å²) in [5.41, 5.74) is 10.4. The van der Waals surface area contributed by atoms with E-state index in [-0.39, 0.29) is 16.9 Å². The summed E-state index contributed by atoms with van der Waals surface area (Å²) in [5.74, 6) is -0.495. The fourth-order valence-electron chi connectivity index (χ4n) is 4.40. The summed E-state index contributed by atoms with van der Waals surface area (Å²) in [4.78, 5) is 38.5. The Hall–Kier alpha value is -4.39. The van der Waals surface area contributed by atoms with Crippen molar-refractivity contribution < 1.29 is 9.59 Å². The number of fused-ring (bicyclic) bond motifs is 1. The molecular weight excluding hydrogens is 464 g/mol. The monoisotopic (exact) mass is 496 g/mol. The fourth-order valence-corrected chi connectivity index (χ4v) is 4.40. The van der Waals surface area contributed by atoms with Crippen LogP contribution < -0.4 is 21.8 Å². The first-order valence-electron chi connectivity index (χ1n) is 12.5. The smallest absolute Gasteiger partial charge is 0.261 e. The molecule has 2 amide bonds. The Morgan fingerprint density at radius 1 is 0.865 bits per heavy atom. The van der Waals surface area contributed by atoms with Crippen molar-refractivity contribution >= 4 is 39.8 Å². The van der Waals surface area contributed by atoms with Gasteiger partial charge in [0.1, 0.15) is 5.56 Å². The molecule has 4 aromatic rings. The molecule has 190 valence electrons. The number of unbranched alkanes of at least 4 members (excludes halogenated alkanes) is 2. The molecule has 0 radical (unpaired) electrons. The Morgan fingerprint density at radius 2 is 1.62 bits per heavy atom. The van der Waals surface area contributed by atoms with Gasteiger partial charge in [0.05, 0.1) is 16.9 Å². The lowest BCUT2D eigenvalue weighted by molar-refractivity contribution is -0.116. The zero-order valence-electron chi connectivity index (χ0n) is 21.2. The average molecular weight is 497 g/mol. The third-order valence-electron chi connectivity index (χ3n) is 6.40. The molecule has 0 aliphatic heterocycles. The Kier molecular flexibility index (Phi) is 8.03. The molecular formula is C30H32N4O3. The van der Waals surface area contributed by atoms with Crippen molar-refractivity contribution in [2.75, 3.05) is 16.4 Å².